The smallest absolute Gasteiger partial charge is 0.159 e. The zero-order valence-electron chi connectivity index (χ0n) is 25.5. The molecule has 2 unspecified atom stereocenters. The van der Waals surface area contributed by atoms with Crippen molar-refractivity contribution in [2.75, 3.05) is 5.32 Å². The van der Waals surface area contributed by atoms with Crippen molar-refractivity contribution < 1.29 is 0 Å². The lowest BCUT2D eigenvalue weighted by Gasteiger charge is -2.23. The predicted molar refractivity (Wildman–Crippen MR) is 197 cm³/mol. The Morgan fingerprint density at radius 3 is 2.00 bits per heavy atom. The van der Waals surface area contributed by atoms with E-state index in [1.165, 1.54) is 48.8 Å². The topological polar surface area (TPSA) is 48.8 Å². The largest absolute Gasteiger partial charge is 0.368 e. The average Bonchev–Trinajstić information content (AvgIpc) is 3.60. The Kier molecular flexibility index (Phi) is 6.83. The zero-order chi connectivity index (χ0) is 31.2. The van der Waals surface area contributed by atoms with Crippen molar-refractivity contribution in [3.8, 4) is 11.1 Å². The summed E-state index contributed by atoms with van der Waals surface area (Å²) in [5.41, 5.74) is 8.08. The molecular weight excluding hydrogens is 593 g/mol. The lowest BCUT2D eigenvalue weighted by Crippen LogP contribution is -2.33. The Labute approximate surface area is 277 Å². The van der Waals surface area contributed by atoms with Crippen molar-refractivity contribution in [3.05, 3.63) is 180 Å². The van der Waals surface area contributed by atoms with E-state index in [1.807, 2.05) is 36.0 Å². The molecule has 0 fully saturated rings. The molecular formula is C42H30N4S. The summed E-state index contributed by atoms with van der Waals surface area (Å²) in [5, 5.41) is 12.5. The van der Waals surface area contributed by atoms with Gasteiger partial charge in [-0.2, -0.15) is 0 Å². The fourth-order valence-electron chi connectivity index (χ4n) is 6.60. The molecule has 9 rings (SSSR count). The SMILES string of the molecule is c1ccc(C2=NC(c3ccc4c(ccc5ccc6c(c54)NC(c4cccc(-c5ccccc5)c4)S6)c3)=NC(c3ccccc3)N2)cc1. The summed E-state index contributed by atoms with van der Waals surface area (Å²) in [6.45, 7) is 0. The number of hydrogen-bond donors (Lipinski definition) is 2. The number of benzene rings is 7. The monoisotopic (exact) mass is 622 g/mol. The van der Waals surface area contributed by atoms with Gasteiger partial charge in [-0.05, 0) is 56.6 Å². The molecule has 7 aromatic carbocycles. The molecule has 0 aliphatic carbocycles. The van der Waals surface area contributed by atoms with E-state index in [0.29, 0.717) is 0 Å². The first kappa shape index (κ1) is 27.6. The summed E-state index contributed by atoms with van der Waals surface area (Å²) in [7, 11) is 0. The summed E-state index contributed by atoms with van der Waals surface area (Å²) >= 11 is 1.88. The molecule has 2 N–H and O–H groups in total. The lowest BCUT2D eigenvalue weighted by molar-refractivity contribution is 0.674. The van der Waals surface area contributed by atoms with Crippen LogP contribution in [0.1, 0.15) is 33.8 Å². The van der Waals surface area contributed by atoms with Crippen LogP contribution in [0.25, 0.3) is 32.7 Å². The normalized spacial score (nSPS) is 17.0. The maximum absolute atomic E-state index is 5.10. The summed E-state index contributed by atoms with van der Waals surface area (Å²) in [4.78, 5) is 11.4. The quantitative estimate of drug-likeness (QED) is 0.188. The summed E-state index contributed by atoms with van der Waals surface area (Å²) in [6, 6.07) is 55.7. The van der Waals surface area contributed by atoms with E-state index in [1.54, 1.807) is 0 Å². The van der Waals surface area contributed by atoms with Gasteiger partial charge in [0.05, 0.1) is 5.69 Å². The van der Waals surface area contributed by atoms with Gasteiger partial charge in [0.2, 0.25) is 0 Å². The third kappa shape index (κ3) is 5.15. The van der Waals surface area contributed by atoms with Gasteiger partial charge < -0.3 is 10.6 Å². The second kappa shape index (κ2) is 11.6. The van der Waals surface area contributed by atoms with E-state index in [2.05, 4.69) is 144 Å². The fraction of sp³-hybridized carbons (Fsp3) is 0.0476. The highest BCUT2D eigenvalue weighted by molar-refractivity contribution is 8.00. The fourth-order valence-corrected chi connectivity index (χ4v) is 7.73. The summed E-state index contributed by atoms with van der Waals surface area (Å²) < 4.78 is 0. The van der Waals surface area contributed by atoms with Gasteiger partial charge in [-0.15, -0.1) is 0 Å². The number of aliphatic imine (C=N–C) groups is 2. The summed E-state index contributed by atoms with van der Waals surface area (Å²) in [5.74, 6) is 1.55. The van der Waals surface area contributed by atoms with E-state index >= 15 is 0 Å². The molecule has 2 atom stereocenters. The van der Waals surface area contributed by atoms with Crippen LogP contribution in [0.15, 0.2) is 173 Å². The molecule has 0 amide bonds. The van der Waals surface area contributed by atoms with Crippen LogP contribution in [-0.4, -0.2) is 11.7 Å². The first-order chi connectivity index (χ1) is 23.3. The second-order valence-corrected chi connectivity index (χ2v) is 13.1. The van der Waals surface area contributed by atoms with Crippen molar-refractivity contribution in [2.45, 2.75) is 16.4 Å². The van der Waals surface area contributed by atoms with Gasteiger partial charge in [-0.3, -0.25) is 0 Å². The van der Waals surface area contributed by atoms with Gasteiger partial charge in [-0.25, -0.2) is 9.98 Å². The number of hydrogen-bond acceptors (Lipinski definition) is 5. The lowest BCUT2D eigenvalue weighted by atomic mass is 9.98. The molecule has 0 saturated carbocycles. The molecule has 47 heavy (non-hydrogen) atoms. The number of fused-ring (bicyclic) bond motifs is 5. The highest BCUT2D eigenvalue weighted by Crippen LogP contribution is 2.51. The van der Waals surface area contributed by atoms with Gasteiger partial charge in [-0.1, -0.05) is 151 Å². The van der Waals surface area contributed by atoms with Crippen LogP contribution in [0.3, 0.4) is 0 Å². The van der Waals surface area contributed by atoms with E-state index in [0.717, 1.165) is 28.4 Å². The van der Waals surface area contributed by atoms with E-state index in [4.69, 9.17) is 9.98 Å². The molecule has 0 bridgehead atoms. The van der Waals surface area contributed by atoms with Crippen molar-refractivity contribution in [3.63, 3.8) is 0 Å². The molecule has 2 aliphatic heterocycles. The molecule has 0 radical (unpaired) electrons. The summed E-state index contributed by atoms with van der Waals surface area (Å²) in [6.07, 6.45) is -0.229. The Bertz CT molecular complexity index is 2330. The molecule has 7 aromatic rings. The maximum atomic E-state index is 5.10. The third-order valence-electron chi connectivity index (χ3n) is 8.94. The maximum Gasteiger partial charge on any atom is 0.159 e. The molecule has 4 nitrogen and oxygen atoms in total. The van der Waals surface area contributed by atoms with Crippen LogP contribution in [0.2, 0.25) is 0 Å². The highest BCUT2D eigenvalue weighted by atomic mass is 32.2. The highest BCUT2D eigenvalue weighted by Gasteiger charge is 2.26. The molecule has 2 aliphatic rings. The standard InChI is InChI=1S/C42H30N4S/c1-4-11-27(12-5-1)31-17-10-18-34(25-31)42-43-38-36(47-42)24-22-28-19-20-32-26-33(21-23-35(32)37(28)38)41-45-39(29-13-6-2-7-14-29)44-40(46-41)30-15-8-3-9-16-30/h1-26,39,42-43H,(H,44,45,46). The molecule has 2 heterocycles. The van der Waals surface area contributed by atoms with Gasteiger partial charge in [0.1, 0.15) is 17.4 Å². The predicted octanol–water partition coefficient (Wildman–Crippen LogP) is 10.4. The van der Waals surface area contributed by atoms with Crippen LogP contribution in [0.4, 0.5) is 5.69 Å². The van der Waals surface area contributed by atoms with E-state index in [9.17, 15) is 0 Å². The minimum atomic E-state index is -0.229. The second-order valence-electron chi connectivity index (χ2n) is 11.9. The van der Waals surface area contributed by atoms with Crippen molar-refractivity contribution >= 4 is 50.7 Å². The van der Waals surface area contributed by atoms with E-state index < -0.39 is 0 Å². The number of nitrogens with zero attached hydrogens (tertiary/aromatic N) is 2. The Hall–Kier alpha value is -5.65. The van der Waals surface area contributed by atoms with Crippen molar-refractivity contribution in [1.82, 2.24) is 5.32 Å². The van der Waals surface area contributed by atoms with Gasteiger partial charge in [0.25, 0.3) is 0 Å². The Morgan fingerprint density at radius 2 is 1.19 bits per heavy atom. The minimum Gasteiger partial charge on any atom is -0.368 e. The van der Waals surface area contributed by atoms with Crippen LogP contribution < -0.4 is 10.6 Å². The van der Waals surface area contributed by atoms with Crippen molar-refractivity contribution in [2.24, 2.45) is 9.98 Å². The van der Waals surface area contributed by atoms with Crippen LogP contribution in [-0.2, 0) is 0 Å². The first-order valence-corrected chi connectivity index (χ1v) is 16.8. The number of nitrogens with one attached hydrogen (secondary N) is 2. The van der Waals surface area contributed by atoms with Crippen molar-refractivity contribution in [1.29, 1.82) is 0 Å². The first-order valence-electron chi connectivity index (χ1n) is 15.9. The van der Waals surface area contributed by atoms with Crippen LogP contribution in [0.5, 0.6) is 0 Å². The number of rotatable bonds is 5. The third-order valence-corrected chi connectivity index (χ3v) is 10.2. The Morgan fingerprint density at radius 1 is 0.511 bits per heavy atom. The van der Waals surface area contributed by atoms with Gasteiger partial charge in [0, 0.05) is 21.4 Å². The molecule has 0 saturated heterocycles. The minimum absolute atomic E-state index is 0.138. The average molecular weight is 623 g/mol. The number of anilines is 1. The van der Waals surface area contributed by atoms with Crippen LogP contribution in [0, 0.1) is 0 Å². The Balaban J connectivity index is 1.10. The molecule has 5 heteroatoms. The molecule has 224 valence electrons. The van der Waals surface area contributed by atoms with Gasteiger partial charge >= 0.3 is 0 Å². The molecule has 0 aromatic heterocycles. The number of amidine groups is 2. The van der Waals surface area contributed by atoms with E-state index in [-0.39, 0.29) is 11.5 Å². The van der Waals surface area contributed by atoms with Gasteiger partial charge in [0.15, 0.2) is 5.84 Å². The van der Waals surface area contributed by atoms with Crippen LogP contribution >= 0.6 is 11.8 Å². The molecule has 0 spiro atoms. The number of thioether (sulfide) groups is 1. The zero-order valence-corrected chi connectivity index (χ0v) is 26.3.